The number of hydrogen-bond acceptors (Lipinski definition) is 4. The van der Waals surface area contributed by atoms with Crippen LogP contribution in [0.5, 0.6) is 0 Å². The zero-order chi connectivity index (χ0) is 13.1. The molecule has 0 unspecified atom stereocenters. The Morgan fingerprint density at radius 2 is 2.06 bits per heavy atom. The van der Waals surface area contributed by atoms with E-state index >= 15 is 0 Å². The summed E-state index contributed by atoms with van der Waals surface area (Å²) in [5.41, 5.74) is 2.12. The van der Waals surface area contributed by atoms with Crippen molar-refractivity contribution in [2.45, 2.75) is 6.54 Å². The van der Waals surface area contributed by atoms with Crippen molar-refractivity contribution in [2.75, 3.05) is 24.3 Å². The number of nitrogens with zero attached hydrogens (tertiary/aromatic N) is 4. The molecule has 5 nitrogen and oxygen atoms in total. The third kappa shape index (κ3) is 2.81. The van der Waals surface area contributed by atoms with E-state index in [2.05, 4.69) is 35.8 Å². The molecule has 0 saturated carbocycles. The Balaban J connectivity index is 2.04. The molecule has 1 N–H and O–H groups in total. The lowest BCUT2D eigenvalue weighted by Crippen LogP contribution is -2.15. The van der Waals surface area contributed by atoms with Gasteiger partial charge in [-0.3, -0.25) is 0 Å². The van der Waals surface area contributed by atoms with E-state index in [-0.39, 0.29) is 0 Å². The van der Waals surface area contributed by atoms with Gasteiger partial charge >= 0.3 is 0 Å². The van der Waals surface area contributed by atoms with Gasteiger partial charge in [0.1, 0.15) is 4.60 Å². The second-order valence-electron chi connectivity index (χ2n) is 4.23. The van der Waals surface area contributed by atoms with E-state index in [4.69, 9.17) is 0 Å². The van der Waals surface area contributed by atoms with Crippen molar-refractivity contribution in [2.24, 2.45) is 7.05 Å². The maximum atomic E-state index is 4.37. The van der Waals surface area contributed by atoms with Crippen LogP contribution in [0.15, 0.2) is 29.1 Å². The molecule has 96 valence electrons. The fourth-order valence-corrected chi connectivity index (χ4v) is 1.92. The Labute approximate surface area is 115 Å². The van der Waals surface area contributed by atoms with Crippen LogP contribution in [0.2, 0.25) is 0 Å². The molecule has 0 aliphatic heterocycles. The van der Waals surface area contributed by atoms with E-state index in [0.717, 1.165) is 28.5 Å². The first-order valence-corrected chi connectivity index (χ1v) is 6.40. The Morgan fingerprint density at radius 1 is 1.28 bits per heavy atom. The predicted octanol–water partition coefficient (Wildman–Crippen LogP) is 2.26. The molecule has 0 fully saturated rings. The van der Waals surface area contributed by atoms with Crippen LogP contribution in [-0.2, 0) is 13.6 Å². The summed E-state index contributed by atoms with van der Waals surface area (Å²) in [6.07, 6.45) is 3.68. The molecule has 18 heavy (non-hydrogen) atoms. The number of anilines is 2. The summed E-state index contributed by atoms with van der Waals surface area (Å²) in [6.45, 7) is 0.723. The third-order valence-electron chi connectivity index (χ3n) is 2.66. The van der Waals surface area contributed by atoms with Gasteiger partial charge in [0.15, 0.2) is 0 Å². The molecule has 0 aliphatic rings. The lowest BCUT2D eigenvalue weighted by Gasteiger charge is -2.13. The van der Waals surface area contributed by atoms with Crippen LogP contribution in [0.25, 0.3) is 0 Å². The second kappa shape index (κ2) is 5.39. The monoisotopic (exact) mass is 309 g/mol. The SMILES string of the molecule is CN(C)c1ncc(CNc2ccc(Br)nc2)n1C. The highest BCUT2D eigenvalue weighted by Gasteiger charge is 2.07. The average molecular weight is 310 g/mol. The third-order valence-corrected chi connectivity index (χ3v) is 3.13. The first-order valence-electron chi connectivity index (χ1n) is 5.61. The van der Waals surface area contributed by atoms with Crippen molar-refractivity contribution < 1.29 is 0 Å². The van der Waals surface area contributed by atoms with Crippen LogP contribution in [-0.4, -0.2) is 28.6 Å². The molecular weight excluding hydrogens is 294 g/mol. The standard InChI is InChI=1S/C12H16BrN5/c1-17(2)12-16-8-10(18(12)3)7-14-9-4-5-11(13)15-6-9/h4-6,8,14H,7H2,1-3H3. The van der Waals surface area contributed by atoms with Gasteiger partial charge in [0.2, 0.25) is 5.95 Å². The van der Waals surface area contributed by atoms with Crippen molar-refractivity contribution in [1.82, 2.24) is 14.5 Å². The summed E-state index contributed by atoms with van der Waals surface area (Å²) < 4.78 is 2.91. The predicted molar refractivity (Wildman–Crippen MR) is 76.8 cm³/mol. The maximum Gasteiger partial charge on any atom is 0.204 e. The van der Waals surface area contributed by atoms with Gasteiger partial charge in [-0.05, 0) is 28.1 Å². The number of pyridine rings is 1. The van der Waals surface area contributed by atoms with E-state index in [1.807, 2.05) is 44.4 Å². The molecule has 0 radical (unpaired) electrons. The molecule has 2 aromatic heterocycles. The van der Waals surface area contributed by atoms with E-state index in [0.29, 0.717) is 0 Å². The number of nitrogens with one attached hydrogen (secondary N) is 1. The van der Waals surface area contributed by atoms with E-state index in [9.17, 15) is 0 Å². The molecule has 0 aromatic carbocycles. The largest absolute Gasteiger partial charge is 0.378 e. The van der Waals surface area contributed by atoms with Gasteiger partial charge in [0.25, 0.3) is 0 Å². The number of imidazole rings is 1. The molecule has 2 rings (SSSR count). The number of halogens is 1. The van der Waals surface area contributed by atoms with Gasteiger partial charge in [-0.15, -0.1) is 0 Å². The normalized spacial score (nSPS) is 10.4. The van der Waals surface area contributed by atoms with Gasteiger partial charge in [0, 0.05) is 21.1 Å². The Kier molecular flexibility index (Phi) is 3.86. The van der Waals surface area contributed by atoms with Crippen molar-refractivity contribution in [3.8, 4) is 0 Å². The van der Waals surface area contributed by atoms with E-state index in [1.54, 1.807) is 6.20 Å². The van der Waals surface area contributed by atoms with Crippen LogP contribution in [0.1, 0.15) is 5.69 Å². The van der Waals surface area contributed by atoms with Crippen molar-refractivity contribution in [1.29, 1.82) is 0 Å². The van der Waals surface area contributed by atoms with Crippen LogP contribution in [0, 0.1) is 0 Å². The molecule has 0 spiro atoms. The summed E-state index contributed by atoms with van der Waals surface area (Å²) in [5, 5.41) is 3.32. The minimum atomic E-state index is 0.723. The fourth-order valence-electron chi connectivity index (χ4n) is 1.69. The van der Waals surface area contributed by atoms with E-state index in [1.165, 1.54) is 0 Å². The van der Waals surface area contributed by atoms with Gasteiger partial charge < -0.3 is 14.8 Å². The molecule has 0 bridgehead atoms. The molecule has 0 aliphatic carbocycles. The Bertz CT molecular complexity index is 518. The van der Waals surface area contributed by atoms with Crippen molar-refractivity contribution in [3.05, 3.63) is 34.8 Å². The highest BCUT2D eigenvalue weighted by atomic mass is 79.9. The van der Waals surface area contributed by atoms with Crippen molar-refractivity contribution in [3.63, 3.8) is 0 Å². The highest BCUT2D eigenvalue weighted by molar-refractivity contribution is 9.10. The Hall–Kier alpha value is -1.56. The number of rotatable bonds is 4. The summed E-state index contributed by atoms with van der Waals surface area (Å²) in [5.74, 6) is 0.945. The minimum Gasteiger partial charge on any atom is -0.378 e. The molecule has 0 saturated heterocycles. The smallest absolute Gasteiger partial charge is 0.204 e. The zero-order valence-electron chi connectivity index (χ0n) is 10.7. The lowest BCUT2D eigenvalue weighted by atomic mass is 10.4. The van der Waals surface area contributed by atoms with Gasteiger partial charge in [-0.1, -0.05) is 0 Å². The van der Waals surface area contributed by atoms with Gasteiger partial charge in [-0.2, -0.15) is 0 Å². The number of aromatic nitrogens is 3. The van der Waals surface area contributed by atoms with Crippen LogP contribution in [0.3, 0.4) is 0 Å². The van der Waals surface area contributed by atoms with Crippen LogP contribution < -0.4 is 10.2 Å². The van der Waals surface area contributed by atoms with Crippen LogP contribution in [0.4, 0.5) is 11.6 Å². The highest BCUT2D eigenvalue weighted by Crippen LogP contribution is 2.14. The van der Waals surface area contributed by atoms with E-state index < -0.39 is 0 Å². The Morgan fingerprint density at radius 3 is 2.61 bits per heavy atom. The molecule has 0 amide bonds. The minimum absolute atomic E-state index is 0.723. The molecule has 6 heteroatoms. The molecule has 2 aromatic rings. The van der Waals surface area contributed by atoms with Crippen LogP contribution >= 0.6 is 15.9 Å². The topological polar surface area (TPSA) is 46.0 Å². The maximum absolute atomic E-state index is 4.37. The first kappa shape index (κ1) is 12.9. The summed E-state index contributed by atoms with van der Waals surface area (Å²) >= 11 is 3.31. The summed E-state index contributed by atoms with van der Waals surface area (Å²) in [7, 11) is 5.98. The van der Waals surface area contributed by atoms with Crippen molar-refractivity contribution >= 4 is 27.6 Å². The number of hydrogen-bond donors (Lipinski definition) is 1. The molecule has 2 heterocycles. The van der Waals surface area contributed by atoms with Gasteiger partial charge in [-0.25, -0.2) is 9.97 Å². The zero-order valence-corrected chi connectivity index (χ0v) is 12.3. The molecule has 0 atom stereocenters. The van der Waals surface area contributed by atoms with Gasteiger partial charge in [0.05, 0.1) is 30.3 Å². The first-order chi connectivity index (χ1) is 8.58. The molecular formula is C12H16BrN5. The second-order valence-corrected chi connectivity index (χ2v) is 5.04. The fraction of sp³-hybridized carbons (Fsp3) is 0.333. The quantitative estimate of drug-likeness (QED) is 0.880. The summed E-state index contributed by atoms with van der Waals surface area (Å²) in [4.78, 5) is 10.5. The lowest BCUT2D eigenvalue weighted by molar-refractivity contribution is 0.814. The summed E-state index contributed by atoms with van der Waals surface area (Å²) in [6, 6.07) is 3.90. The average Bonchev–Trinajstić information content (AvgIpc) is 2.70.